The van der Waals surface area contributed by atoms with Gasteiger partial charge in [0.05, 0.1) is 5.75 Å². The van der Waals surface area contributed by atoms with Gasteiger partial charge < -0.3 is 14.8 Å². The van der Waals surface area contributed by atoms with Crippen LogP contribution in [0.3, 0.4) is 0 Å². The van der Waals surface area contributed by atoms with Gasteiger partial charge in [0, 0.05) is 12.3 Å². The Balaban J connectivity index is 1.32. The molecule has 4 nitrogen and oxygen atoms in total. The van der Waals surface area contributed by atoms with Crippen molar-refractivity contribution in [3.8, 4) is 11.5 Å². The number of fused-ring (bicyclic) bond motifs is 1. The number of carbonyl (C=O) groups excluding carboxylic acids is 1. The summed E-state index contributed by atoms with van der Waals surface area (Å²) in [6.07, 6.45) is 8.35. The van der Waals surface area contributed by atoms with Crippen LogP contribution in [0.4, 0.5) is 0 Å². The van der Waals surface area contributed by atoms with Crippen molar-refractivity contribution in [2.24, 2.45) is 0 Å². The van der Waals surface area contributed by atoms with Gasteiger partial charge in [-0.1, -0.05) is 17.7 Å². The molecule has 1 aliphatic heterocycles. The molecule has 0 radical (unpaired) electrons. The van der Waals surface area contributed by atoms with Crippen LogP contribution >= 0.6 is 11.8 Å². The molecule has 1 aliphatic carbocycles. The summed E-state index contributed by atoms with van der Waals surface area (Å²) in [6.45, 7) is 1.06. The van der Waals surface area contributed by atoms with Gasteiger partial charge in [-0.05, 0) is 49.8 Å². The van der Waals surface area contributed by atoms with Crippen LogP contribution in [-0.4, -0.2) is 25.0 Å². The maximum atomic E-state index is 11.9. The number of thioether (sulfide) groups is 1. The van der Waals surface area contributed by atoms with Crippen LogP contribution in [0.25, 0.3) is 0 Å². The third kappa shape index (κ3) is 4.93. The Bertz CT molecular complexity index is 586. The largest absolute Gasteiger partial charge is 0.454 e. The number of amides is 1. The maximum Gasteiger partial charge on any atom is 0.231 e. The van der Waals surface area contributed by atoms with Crippen LogP contribution < -0.4 is 14.8 Å². The number of ether oxygens (including phenoxy) is 2. The van der Waals surface area contributed by atoms with E-state index in [2.05, 4.69) is 11.4 Å². The van der Waals surface area contributed by atoms with Crippen LogP contribution in [0.5, 0.6) is 11.5 Å². The SMILES string of the molecule is O=C(CSCc1ccc2c(c1)OCO2)NCCC1=CCCCC1. The molecular weight excluding hydrogens is 310 g/mol. The van der Waals surface area contributed by atoms with Gasteiger partial charge in [0.25, 0.3) is 0 Å². The van der Waals surface area contributed by atoms with Gasteiger partial charge in [0.1, 0.15) is 0 Å². The van der Waals surface area contributed by atoms with Gasteiger partial charge in [-0.3, -0.25) is 4.79 Å². The van der Waals surface area contributed by atoms with Crippen molar-refractivity contribution < 1.29 is 14.3 Å². The van der Waals surface area contributed by atoms with Crippen molar-refractivity contribution in [2.45, 2.75) is 37.9 Å². The fraction of sp³-hybridized carbons (Fsp3) is 0.500. The molecule has 0 saturated carbocycles. The highest BCUT2D eigenvalue weighted by atomic mass is 32.2. The monoisotopic (exact) mass is 333 g/mol. The van der Waals surface area contributed by atoms with Crippen molar-refractivity contribution in [3.05, 3.63) is 35.4 Å². The average molecular weight is 333 g/mol. The molecule has 0 bridgehead atoms. The molecular formula is C18H23NO3S. The number of rotatable bonds is 7. The summed E-state index contributed by atoms with van der Waals surface area (Å²) in [7, 11) is 0. The lowest BCUT2D eigenvalue weighted by molar-refractivity contribution is -0.118. The second-order valence-electron chi connectivity index (χ2n) is 5.89. The van der Waals surface area contributed by atoms with E-state index in [1.807, 2.05) is 18.2 Å². The minimum Gasteiger partial charge on any atom is -0.454 e. The molecule has 0 aromatic heterocycles. The molecule has 1 amide bonds. The zero-order valence-electron chi connectivity index (χ0n) is 13.3. The van der Waals surface area contributed by atoms with E-state index in [-0.39, 0.29) is 5.91 Å². The quantitative estimate of drug-likeness (QED) is 0.774. The van der Waals surface area contributed by atoms with Crippen LogP contribution in [0.2, 0.25) is 0 Å². The molecule has 0 fully saturated rings. The maximum absolute atomic E-state index is 11.9. The van der Waals surface area contributed by atoms with E-state index >= 15 is 0 Å². The van der Waals surface area contributed by atoms with Crippen LogP contribution in [-0.2, 0) is 10.5 Å². The van der Waals surface area contributed by atoms with E-state index in [1.54, 1.807) is 11.8 Å². The fourth-order valence-corrected chi connectivity index (χ4v) is 3.64. The van der Waals surface area contributed by atoms with Crippen molar-refractivity contribution >= 4 is 17.7 Å². The Morgan fingerprint density at radius 2 is 2.13 bits per heavy atom. The third-order valence-electron chi connectivity index (χ3n) is 4.09. The molecule has 5 heteroatoms. The molecule has 3 rings (SSSR count). The topological polar surface area (TPSA) is 47.6 Å². The van der Waals surface area contributed by atoms with Crippen molar-refractivity contribution in [2.75, 3.05) is 19.1 Å². The number of carbonyl (C=O) groups is 1. The van der Waals surface area contributed by atoms with Crippen LogP contribution in [0.1, 0.15) is 37.7 Å². The molecule has 1 aromatic rings. The molecule has 2 aliphatic rings. The Morgan fingerprint density at radius 3 is 3.00 bits per heavy atom. The lowest BCUT2D eigenvalue weighted by Gasteiger charge is -2.12. The minimum atomic E-state index is 0.118. The van der Waals surface area contributed by atoms with Crippen molar-refractivity contribution in [1.29, 1.82) is 0 Å². The standard InChI is InChI=1S/C18H23NO3S/c20-18(19-9-8-14-4-2-1-3-5-14)12-23-11-15-6-7-16-17(10-15)22-13-21-16/h4,6-7,10H,1-3,5,8-9,11-13H2,(H,19,20). The first-order chi connectivity index (χ1) is 11.3. The summed E-state index contributed by atoms with van der Waals surface area (Å²) in [5.74, 6) is 3.01. The summed E-state index contributed by atoms with van der Waals surface area (Å²) in [6, 6.07) is 5.94. The summed E-state index contributed by atoms with van der Waals surface area (Å²) >= 11 is 1.62. The number of nitrogens with one attached hydrogen (secondary N) is 1. The Morgan fingerprint density at radius 1 is 1.22 bits per heavy atom. The van der Waals surface area contributed by atoms with Crippen LogP contribution in [0, 0.1) is 0 Å². The first-order valence-electron chi connectivity index (χ1n) is 8.22. The van der Waals surface area contributed by atoms with E-state index in [0.29, 0.717) is 12.5 Å². The van der Waals surface area contributed by atoms with Crippen molar-refractivity contribution in [1.82, 2.24) is 5.32 Å². The number of allylic oxidation sites excluding steroid dienone is 1. The highest BCUT2D eigenvalue weighted by Crippen LogP contribution is 2.33. The molecule has 1 aromatic carbocycles. The second-order valence-corrected chi connectivity index (χ2v) is 6.87. The van der Waals surface area contributed by atoms with Gasteiger partial charge in [-0.25, -0.2) is 0 Å². The smallest absolute Gasteiger partial charge is 0.231 e. The lowest BCUT2D eigenvalue weighted by Crippen LogP contribution is -2.26. The van der Waals surface area contributed by atoms with Crippen molar-refractivity contribution in [3.63, 3.8) is 0 Å². The molecule has 0 spiro atoms. The highest BCUT2D eigenvalue weighted by molar-refractivity contribution is 7.99. The first kappa shape index (κ1) is 16.2. The second kappa shape index (κ2) is 8.29. The highest BCUT2D eigenvalue weighted by Gasteiger charge is 2.13. The summed E-state index contributed by atoms with van der Waals surface area (Å²) in [5, 5.41) is 3.01. The van der Waals surface area contributed by atoms with E-state index in [9.17, 15) is 4.79 Å². The molecule has 23 heavy (non-hydrogen) atoms. The summed E-state index contributed by atoms with van der Waals surface area (Å²) in [4.78, 5) is 11.9. The normalized spacial score (nSPS) is 16.1. The third-order valence-corrected chi connectivity index (χ3v) is 5.10. The number of hydrogen-bond acceptors (Lipinski definition) is 4. The molecule has 1 heterocycles. The van der Waals surface area contributed by atoms with Gasteiger partial charge in [0.2, 0.25) is 12.7 Å². The van der Waals surface area contributed by atoms with Gasteiger partial charge in [0.15, 0.2) is 11.5 Å². The summed E-state index contributed by atoms with van der Waals surface area (Å²) in [5.41, 5.74) is 2.66. The number of hydrogen-bond donors (Lipinski definition) is 1. The summed E-state index contributed by atoms with van der Waals surface area (Å²) < 4.78 is 10.7. The van der Waals surface area contributed by atoms with E-state index in [4.69, 9.17) is 9.47 Å². The van der Waals surface area contributed by atoms with Gasteiger partial charge in [-0.15, -0.1) is 11.8 Å². The van der Waals surface area contributed by atoms with E-state index in [1.165, 1.54) is 31.3 Å². The zero-order valence-corrected chi connectivity index (χ0v) is 14.1. The molecule has 0 unspecified atom stereocenters. The Labute approximate surface area is 141 Å². The lowest BCUT2D eigenvalue weighted by atomic mass is 9.97. The molecule has 0 atom stereocenters. The van der Waals surface area contributed by atoms with Crippen LogP contribution in [0.15, 0.2) is 29.8 Å². The fourth-order valence-electron chi connectivity index (χ4n) is 2.84. The van der Waals surface area contributed by atoms with E-state index in [0.717, 1.165) is 35.8 Å². The Hall–Kier alpha value is -1.62. The predicted octanol–water partition coefficient (Wildman–Crippen LogP) is 3.66. The predicted molar refractivity (Wildman–Crippen MR) is 92.9 cm³/mol. The zero-order chi connectivity index (χ0) is 15.9. The number of benzene rings is 1. The molecule has 1 N–H and O–H groups in total. The Kier molecular flexibility index (Phi) is 5.86. The first-order valence-corrected chi connectivity index (χ1v) is 9.37. The minimum absolute atomic E-state index is 0.118. The van der Waals surface area contributed by atoms with E-state index < -0.39 is 0 Å². The average Bonchev–Trinajstić information content (AvgIpc) is 3.03. The molecule has 124 valence electrons. The molecule has 0 saturated heterocycles. The van der Waals surface area contributed by atoms with Gasteiger partial charge >= 0.3 is 0 Å². The van der Waals surface area contributed by atoms with Gasteiger partial charge in [-0.2, -0.15) is 0 Å².